The van der Waals surface area contributed by atoms with Crippen molar-refractivity contribution in [3.8, 4) is 5.75 Å². The standard InChI is InChI=1S/C15H11ClF2O2/c1-9(19)13-5-4-12(17)7-15(13)20-8-10-2-3-11(16)6-14(10)18/h2-7H,8H2,1H3. The molecule has 2 aromatic rings. The van der Waals surface area contributed by atoms with E-state index in [9.17, 15) is 13.6 Å². The molecule has 0 heterocycles. The molecule has 0 saturated heterocycles. The van der Waals surface area contributed by atoms with Gasteiger partial charge in [-0.05, 0) is 31.2 Å². The first-order chi connectivity index (χ1) is 9.47. The number of ketones is 1. The van der Waals surface area contributed by atoms with Gasteiger partial charge in [0, 0.05) is 16.7 Å². The van der Waals surface area contributed by atoms with Crippen LogP contribution in [0.5, 0.6) is 5.75 Å². The number of carbonyl (C=O) groups excluding carboxylic acids is 1. The van der Waals surface area contributed by atoms with Crippen molar-refractivity contribution in [1.29, 1.82) is 0 Å². The highest BCUT2D eigenvalue weighted by Crippen LogP contribution is 2.23. The molecule has 0 fully saturated rings. The second-order valence-electron chi connectivity index (χ2n) is 4.22. The minimum absolute atomic E-state index is 0.0897. The second kappa shape index (κ2) is 6.01. The van der Waals surface area contributed by atoms with E-state index in [1.54, 1.807) is 0 Å². The SMILES string of the molecule is CC(=O)c1ccc(F)cc1OCc1ccc(Cl)cc1F. The molecule has 0 unspecified atom stereocenters. The number of hydrogen-bond donors (Lipinski definition) is 0. The summed E-state index contributed by atoms with van der Waals surface area (Å²) in [4.78, 5) is 11.4. The van der Waals surface area contributed by atoms with Gasteiger partial charge in [0.15, 0.2) is 5.78 Å². The summed E-state index contributed by atoms with van der Waals surface area (Å²) in [6.45, 7) is 1.23. The molecule has 0 spiro atoms. The minimum atomic E-state index is -0.526. The zero-order valence-electron chi connectivity index (χ0n) is 10.6. The lowest BCUT2D eigenvalue weighted by atomic mass is 10.1. The quantitative estimate of drug-likeness (QED) is 0.782. The van der Waals surface area contributed by atoms with Gasteiger partial charge in [-0.1, -0.05) is 17.7 Å². The number of Topliss-reactive ketones (excluding diaryl/α,β-unsaturated/α-hetero) is 1. The second-order valence-corrected chi connectivity index (χ2v) is 4.66. The first-order valence-corrected chi connectivity index (χ1v) is 6.22. The van der Waals surface area contributed by atoms with E-state index in [-0.39, 0.29) is 34.3 Å². The monoisotopic (exact) mass is 296 g/mol. The highest BCUT2D eigenvalue weighted by Gasteiger charge is 2.11. The third kappa shape index (κ3) is 3.33. The van der Waals surface area contributed by atoms with Crippen LogP contribution in [0.4, 0.5) is 8.78 Å². The molecule has 2 nitrogen and oxygen atoms in total. The average molecular weight is 297 g/mol. The fourth-order valence-corrected chi connectivity index (χ4v) is 1.86. The van der Waals surface area contributed by atoms with Crippen molar-refractivity contribution in [3.63, 3.8) is 0 Å². The van der Waals surface area contributed by atoms with E-state index < -0.39 is 11.6 Å². The van der Waals surface area contributed by atoms with Crippen LogP contribution in [0.1, 0.15) is 22.8 Å². The maximum absolute atomic E-state index is 13.6. The van der Waals surface area contributed by atoms with E-state index >= 15 is 0 Å². The largest absolute Gasteiger partial charge is 0.488 e. The molecule has 0 bridgehead atoms. The molecule has 5 heteroatoms. The van der Waals surface area contributed by atoms with E-state index in [1.807, 2.05) is 0 Å². The van der Waals surface area contributed by atoms with Crippen LogP contribution in [0, 0.1) is 11.6 Å². The molecule has 20 heavy (non-hydrogen) atoms. The Labute approximate surface area is 119 Å². The Hall–Kier alpha value is -1.94. The van der Waals surface area contributed by atoms with Crippen molar-refractivity contribution in [2.24, 2.45) is 0 Å². The van der Waals surface area contributed by atoms with Gasteiger partial charge in [0.05, 0.1) is 5.56 Å². The van der Waals surface area contributed by atoms with Gasteiger partial charge >= 0.3 is 0 Å². The van der Waals surface area contributed by atoms with Crippen molar-refractivity contribution in [2.45, 2.75) is 13.5 Å². The van der Waals surface area contributed by atoms with Gasteiger partial charge in [-0.15, -0.1) is 0 Å². The summed E-state index contributed by atoms with van der Waals surface area (Å²) in [5, 5.41) is 0.279. The maximum atomic E-state index is 13.6. The lowest BCUT2D eigenvalue weighted by Crippen LogP contribution is -2.03. The summed E-state index contributed by atoms with van der Waals surface area (Å²) >= 11 is 5.65. The molecule has 0 atom stereocenters. The van der Waals surface area contributed by atoms with Crippen LogP contribution in [0.15, 0.2) is 36.4 Å². The summed E-state index contributed by atoms with van der Waals surface area (Å²) in [6, 6.07) is 7.78. The summed E-state index contributed by atoms with van der Waals surface area (Å²) < 4.78 is 32.1. The Kier molecular flexibility index (Phi) is 4.35. The van der Waals surface area contributed by atoms with E-state index in [0.717, 1.165) is 12.1 Å². The zero-order valence-corrected chi connectivity index (χ0v) is 11.4. The van der Waals surface area contributed by atoms with Gasteiger partial charge in [0.2, 0.25) is 0 Å². The Morgan fingerprint density at radius 3 is 2.60 bits per heavy atom. The number of rotatable bonds is 4. The predicted octanol–water partition coefficient (Wildman–Crippen LogP) is 4.40. The molecule has 2 rings (SSSR count). The van der Waals surface area contributed by atoms with Crippen molar-refractivity contribution >= 4 is 17.4 Å². The van der Waals surface area contributed by atoms with Crippen molar-refractivity contribution in [2.75, 3.05) is 0 Å². The number of carbonyl (C=O) groups is 1. The smallest absolute Gasteiger partial charge is 0.163 e. The number of benzene rings is 2. The topological polar surface area (TPSA) is 26.3 Å². The molecule has 0 radical (unpaired) electrons. The molecule has 0 N–H and O–H groups in total. The number of ether oxygens (including phenoxy) is 1. The normalized spacial score (nSPS) is 10.4. The van der Waals surface area contributed by atoms with Gasteiger partial charge in [0.25, 0.3) is 0 Å². The minimum Gasteiger partial charge on any atom is -0.488 e. The summed E-state index contributed by atoms with van der Waals surface area (Å²) in [5.41, 5.74) is 0.522. The van der Waals surface area contributed by atoms with E-state index in [2.05, 4.69) is 0 Å². The molecule has 0 amide bonds. The number of hydrogen-bond acceptors (Lipinski definition) is 2. The van der Waals surface area contributed by atoms with E-state index in [0.29, 0.717) is 0 Å². The summed E-state index contributed by atoms with van der Waals surface area (Å²) in [5.74, 6) is -1.21. The maximum Gasteiger partial charge on any atom is 0.163 e. The van der Waals surface area contributed by atoms with Crippen molar-refractivity contribution < 1.29 is 18.3 Å². The fourth-order valence-electron chi connectivity index (χ4n) is 1.70. The van der Waals surface area contributed by atoms with Gasteiger partial charge in [-0.2, -0.15) is 0 Å². The third-order valence-corrected chi connectivity index (χ3v) is 2.96. The van der Waals surface area contributed by atoms with Crippen LogP contribution in [0.25, 0.3) is 0 Å². The van der Waals surface area contributed by atoms with Crippen molar-refractivity contribution in [1.82, 2.24) is 0 Å². The predicted molar refractivity (Wildman–Crippen MR) is 72.1 cm³/mol. The molecule has 0 aliphatic heterocycles. The first kappa shape index (κ1) is 14.5. The van der Waals surface area contributed by atoms with E-state index in [4.69, 9.17) is 16.3 Å². The van der Waals surface area contributed by atoms with Gasteiger partial charge in [-0.3, -0.25) is 4.79 Å². The first-order valence-electron chi connectivity index (χ1n) is 5.84. The highest BCUT2D eigenvalue weighted by atomic mass is 35.5. The van der Waals surface area contributed by atoms with Gasteiger partial charge < -0.3 is 4.74 Å². The fraction of sp³-hybridized carbons (Fsp3) is 0.133. The average Bonchev–Trinajstić information content (AvgIpc) is 2.37. The molecule has 104 valence electrons. The molecule has 0 aliphatic rings. The zero-order chi connectivity index (χ0) is 14.7. The molecular weight excluding hydrogens is 286 g/mol. The van der Waals surface area contributed by atoms with E-state index in [1.165, 1.54) is 31.2 Å². The van der Waals surface area contributed by atoms with Crippen LogP contribution < -0.4 is 4.74 Å². The lowest BCUT2D eigenvalue weighted by molar-refractivity contribution is 0.101. The van der Waals surface area contributed by atoms with Crippen LogP contribution >= 0.6 is 11.6 Å². The Bertz CT molecular complexity index is 656. The van der Waals surface area contributed by atoms with Crippen LogP contribution in [0.3, 0.4) is 0 Å². The molecule has 0 aliphatic carbocycles. The van der Waals surface area contributed by atoms with Gasteiger partial charge in [0.1, 0.15) is 24.0 Å². The highest BCUT2D eigenvalue weighted by molar-refractivity contribution is 6.30. The van der Waals surface area contributed by atoms with Crippen LogP contribution in [0.2, 0.25) is 5.02 Å². The Morgan fingerprint density at radius 1 is 1.20 bits per heavy atom. The van der Waals surface area contributed by atoms with Crippen LogP contribution in [-0.4, -0.2) is 5.78 Å². The lowest BCUT2D eigenvalue weighted by Gasteiger charge is -2.10. The van der Waals surface area contributed by atoms with Crippen molar-refractivity contribution in [3.05, 3.63) is 64.2 Å². The summed E-state index contributed by atoms with van der Waals surface area (Å²) in [6.07, 6.45) is 0. The Morgan fingerprint density at radius 2 is 1.95 bits per heavy atom. The number of halogens is 3. The molecular formula is C15H11ClF2O2. The molecule has 0 saturated carbocycles. The molecule has 2 aromatic carbocycles. The van der Waals surface area contributed by atoms with Crippen LogP contribution in [-0.2, 0) is 6.61 Å². The Balaban J connectivity index is 2.22. The van der Waals surface area contributed by atoms with Gasteiger partial charge in [-0.25, -0.2) is 8.78 Å². The third-order valence-electron chi connectivity index (χ3n) is 2.72. The molecule has 0 aromatic heterocycles. The summed E-state index contributed by atoms with van der Waals surface area (Å²) in [7, 11) is 0.